The molecule has 1 aromatic heterocycles. The van der Waals surface area contributed by atoms with Gasteiger partial charge in [-0.25, -0.2) is 17.8 Å². The van der Waals surface area contributed by atoms with Crippen molar-refractivity contribution in [3.05, 3.63) is 35.0 Å². The van der Waals surface area contributed by atoms with Crippen LogP contribution in [0, 0.1) is 12.7 Å². The maximum Gasteiger partial charge on any atom is 0.247 e. The first-order valence-corrected chi connectivity index (χ1v) is 10.9. The van der Waals surface area contributed by atoms with E-state index in [1.807, 2.05) is 0 Å². The van der Waals surface area contributed by atoms with Crippen LogP contribution in [-0.2, 0) is 14.6 Å². The van der Waals surface area contributed by atoms with Crippen molar-refractivity contribution in [2.75, 3.05) is 24.7 Å². The molecule has 0 spiro atoms. The van der Waals surface area contributed by atoms with Crippen LogP contribution in [0.25, 0.3) is 11.3 Å². The van der Waals surface area contributed by atoms with Gasteiger partial charge in [0.25, 0.3) is 0 Å². The van der Waals surface area contributed by atoms with Crippen molar-refractivity contribution in [3.63, 3.8) is 0 Å². The van der Waals surface area contributed by atoms with E-state index in [1.54, 1.807) is 24.4 Å². The predicted molar refractivity (Wildman–Crippen MR) is 101 cm³/mol. The van der Waals surface area contributed by atoms with E-state index in [2.05, 4.69) is 15.6 Å². The van der Waals surface area contributed by atoms with Crippen LogP contribution in [-0.4, -0.2) is 43.4 Å². The third-order valence-electron chi connectivity index (χ3n) is 4.71. The van der Waals surface area contributed by atoms with Gasteiger partial charge in [0.05, 0.1) is 5.69 Å². The number of nitrogens with one attached hydrogen (secondary N) is 2. The molecule has 1 amide bonds. The highest BCUT2D eigenvalue weighted by molar-refractivity contribution is 7.92. The number of carbonyl (C=O) groups is 1. The Morgan fingerprint density at radius 3 is 2.65 bits per heavy atom. The molecule has 2 N–H and O–H groups in total. The van der Waals surface area contributed by atoms with E-state index < -0.39 is 20.5 Å². The van der Waals surface area contributed by atoms with E-state index in [-0.39, 0.29) is 18.7 Å². The molecule has 1 fully saturated rings. The lowest BCUT2D eigenvalue weighted by molar-refractivity contribution is -0.119. The summed E-state index contributed by atoms with van der Waals surface area (Å²) >= 11 is 1.21. The fourth-order valence-electron chi connectivity index (χ4n) is 3.08. The second-order valence-electron chi connectivity index (χ2n) is 6.47. The number of aromatic nitrogens is 1. The lowest BCUT2D eigenvalue weighted by atomic mass is 9.96. The Bertz CT molecular complexity index is 934. The Hall–Kier alpha value is -1.84. The van der Waals surface area contributed by atoms with Crippen molar-refractivity contribution in [3.8, 4) is 11.3 Å². The number of anilines is 1. The van der Waals surface area contributed by atoms with E-state index in [0.29, 0.717) is 29.5 Å². The minimum absolute atomic E-state index is 0.229. The zero-order valence-electron chi connectivity index (χ0n) is 14.5. The standard InChI is InChI=1S/C17H20FN3O3S2/c1-11-9-12(3-4-13(11)18)14-10-25-16(20-14)21-15(22)17(26(2,23)24)5-7-19-8-6-17/h3-4,9-10,19H,5-8H2,1-2H3,(H,20,21,22). The molecular formula is C17H20FN3O3S2. The van der Waals surface area contributed by atoms with E-state index in [9.17, 15) is 17.6 Å². The zero-order valence-corrected chi connectivity index (χ0v) is 16.1. The number of sulfone groups is 1. The normalized spacial score (nSPS) is 17.0. The number of hydrogen-bond acceptors (Lipinski definition) is 6. The SMILES string of the molecule is Cc1cc(-c2csc(NC(=O)C3(S(C)(=O)=O)CCNCC3)n2)ccc1F. The Morgan fingerprint density at radius 2 is 2.04 bits per heavy atom. The van der Waals surface area contributed by atoms with Crippen LogP contribution in [0.1, 0.15) is 18.4 Å². The van der Waals surface area contributed by atoms with Gasteiger partial charge in [-0.3, -0.25) is 4.79 Å². The molecule has 6 nitrogen and oxygen atoms in total. The highest BCUT2D eigenvalue weighted by Crippen LogP contribution is 2.31. The molecule has 2 heterocycles. The molecule has 0 unspecified atom stereocenters. The van der Waals surface area contributed by atoms with Crippen LogP contribution in [0.3, 0.4) is 0 Å². The summed E-state index contributed by atoms with van der Waals surface area (Å²) in [5, 5.41) is 7.82. The van der Waals surface area contributed by atoms with E-state index in [0.717, 1.165) is 11.8 Å². The van der Waals surface area contributed by atoms with E-state index >= 15 is 0 Å². The Balaban J connectivity index is 1.84. The summed E-state index contributed by atoms with van der Waals surface area (Å²) in [5.41, 5.74) is 1.85. The molecule has 0 atom stereocenters. The molecular weight excluding hydrogens is 377 g/mol. The highest BCUT2D eigenvalue weighted by Gasteiger charge is 2.48. The summed E-state index contributed by atoms with van der Waals surface area (Å²) in [4.78, 5) is 17.1. The maximum atomic E-state index is 13.4. The van der Waals surface area contributed by atoms with Crippen LogP contribution < -0.4 is 10.6 Å². The Labute approximate surface area is 155 Å². The van der Waals surface area contributed by atoms with Gasteiger partial charge in [-0.1, -0.05) is 0 Å². The number of piperidine rings is 1. The summed E-state index contributed by atoms with van der Waals surface area (Å²) in [6, 6.07) is 4.67. The molecule has 9 heteroatoms. The van der Waals surface area contributed by atoms with Gasteiger partial charge in [-0.15, -0.1) is 11.3 Å². The van der Waals surface area contributed by atoms with Crippen LogP contribution >= 0.6 is 11.3 Å². The van der Waals surface area contributed by atoms with Gasteiger partial charge in [0, 0.05) is 17.2 Å². The van der Waals surface area contributed by atoms with E-state index in [1.165, 1.54) is 17.4 Å². The molecule has 140 valence electrons. The van der Waals surface area contributed by atoms with Crippen molar-refractivity contribution in [1.29, 1.82) is 0 Å². The molecule has 2 aromatic rings. The molecule has 0 aliphatic carbocycles. The molecule has 1 aliphatic heterocycles. The first kappa shape index (κ1) is 18.9. The average molecular weight is 397 g/mol. The minimum Gasteiger partial charge on any atom is -0.317 e. The second-order valence-corrected chi connectivity index (χ2v) is 9.66. The Morgan fingerprint density at radius 1 is 1.35 bits per heavy atom. The number of amides is 1. The third kappa shape index (κ3) is 3.51. The maximum absolute atomic E-state index is 13.4. The van der Waals surface area contributed by atoms with Crippen LogP contribution in [0.4, 0.5) is 9.52 Å². The summed E-state index contributed by atoms with van der Waals surface area (Å²) in [5.74, 6) is -0.837. The highest BCUT2D eigenvalue weighted by atomic mass is 32.2. The zero-order chi connectivity index (χ0) is 18.9. The number of hydrogen-bond donors (Lipinski definition) is 2. The first-order valence-electron chi connectivity index (χ1n) is 8.17. The van der Waals surface area contributed by atoms with Gasteiger partial charge in [-0.2, -0.15) is 0 Å². The monoisotopic (exact) mass is 397 g/mol. The lowest BCUT2D eigenvalue weighted by Crippen LogP contribution is -2.55. The first-order chi connectivity index (χ1) is 12.2. The summed E-state index contributed by atoms with van der Waals surface area (Å²) < 4.78 is 36.6. The molecule has 3 rings (SSSR count). The van der Waals surface area contributed by atoms with Gasteiger partial charge in [0.2, 0.25) is 5.91 Å². The smallest absolute Gasteiger partial charge is 0.247 e. The summed E-state index contributed by atoms with van der Waals surface area (Å²) in [7, 11) is -3.58. The van der Waals surface area contributed by atoms with Crippen molar-refractivity contribution < 1.29 is 17.6 Å². The largest absolute Gasteiger partial charge is 0.317 e. The minimum atomic E-state index is -3.58. The van der Waals surface area contributed by atoms with Crippen LogP contribution in [0.5, 0.6) is 0 Å². The van der Waals surface area contributed by atoms with Gasteiger partial charge in [0.15, 0.2) is 19.7 Å². The van der Waals surface area contributed by atoms with E-state index in [4.69, 9.17) is 0 Å². The number of rotatable bonds is 4. The number of nitrogens with zero attached hydrogens (tertiary/aromatic N) is 1. The van der Waals surface area contributed by atoms with Gasteiger partial charge < -0.3 is 10.6 Å². The Kier molecular flexibility index (Phi) is 5.14. The van der Waals surface area contributed by atoms with Crippen molar-refractivity contribution >= 4 is 32.2 Å². The van der Waals surface area contributed by atoms with Crippen molar-refractivity contribution in [1.82, 2.24) is 10.3 Å². The van der Waals surface area contributed by atoms with Gasteiger partial charge in [0.1, 0.15) is 5.82 Å². The summed E-state index contributed by atoms with van der Waals surface area (Å²) in [6.07, 6.45) is 1.56. The topological polar surface area (TPSA) is 88.2 Å². The average Bonchev–Trinajstić information content (AvgIpc) is 3.05. The predicted octanol–water partition coefficient (Wildman–Crippen LogP) is 2.36. The van der Waals surface area contributed by atoms with Crippen molar-refractivity contribution in [2.24, 2.45) is 0 Å². The molecule has 0 saturated carbocycles. The number of aryl methyl sites for hydroxylation is 1. The fourth-order valence-corrected chi connectivity index (χ4v) is 5.12. The van der Waals surface area contributed by atoms with Gasteiger partial charge in [-0.05, 0) is 56.6 Å². The van der Waals surface area contributed by atoms with Crippen LogP contribution in [0.2, 0.25) is 0 Å². The molecule has 1 aliphatic rings. The molecule has 0 radical (unpaired) electrons. The van der Waals surface area contributed by atoms with Gasteiger partial charge >= 0.3 is 0 Å². The molecule has 0 bridgehead atoms. The number of benzene rings is 1. The summed E-state index contributed by atoms with van der Waals surface area (Å²) in [6.45, 7) is 2.61. The molecule has 1 aromatic carbocycles. The second kappa shape index (κ2) is 7.05. The fraction of sp³-hybridized carbons (Fsp3) is 0.412. The number of thiazole rings is 1. The van der Waals surface area contributed by atoms with Crippen molar-refractivity contribution in [2.45, 2.75) is 24.5 Å². The lowest BCUT2D eigenvalue weighted by Gasteiger charge is -2.33. The molecule has 26 heavy (non-hydrogen) atoms. The number of halogens is 1. The number of carbonyl (C=O) groups excluding carboxylic acids is 1. The van der Waals surface area contributed by atoms with Crippen LogP contribution in [0.15, 0.2) is 23.6 Å². The molecule has 1 saturated heterocycles. The third-order valence-corrected chi connectivity index (χ3v) is 7.48. The quantitative estimate of drug-likeness (QED) is 0.827.